The van der Waals surface area contributed by atoms with Crippen LogP contribution in [0.4, 0.5) is 4.39 Å². The van der Waals surface area contributed by atoms with Gasteiger partial charge in [0, 0.05) is 19.0 Å². The predicted octanol–water partition coefficient (Wildman–Crippen LogP) is 1.74. The minimum atomic E-state index is -0.325. The Balaban J connectivity index is 2.66. The Hall–Kier alpha value is -2.11. The summed E-state index contributed by atoms with van der Waals surface area (Å²) in [5.41, 5.74) is 6.17. The van der Waals surface area contributed by atoms with E-state index in [0.29, 0.717) is 13.0 Å². The fourth-order valence-corrected chi connectivity index (χ4v) is 1.83. The van der Waals surface area contributed by atoms with E-state index in [1.165, 1.54) is 12.1 Å². The van der Waals surface area contributed by atoms with Gasteiger partial charge in [-0.05, 0) is 31.5 Å². The van der Waals surface area contributed by atoms with Gasteiger partial charge in [0.15, 0.2) is 0 Å². The molecule has 20 heavy (non-hydrogen) atoms. The second-order valence-corrected chi connectivity index (χ2v) is 4.83. The lowest BCUT2D eigenvalue weighted by atomic mass is 10.1. The minimum absolute atomic E-state index is 0.00874. The Labute approximate surface area is 117 Å². The maximum atomic E-state index is 12.8. The van der Waals surface area contributed by atoms with Crippen molar-refractivity contribution in [2.75, 3.05) is 6.54 Å². The van der Waals surface area contributed by atoms with Gasteiger partial charge in [-0.2, -0.15) is 0 Å². The summed E-state index contributed by atoms with van der Waals surface area (Å²) in [6.07, 6.45) is 0.512. The summed E-state index contributed by atoms with van der Waals surface area (Å²) in [6, 6.07) is 5.86. The number of benzene rings is 1. The molecule has 0 saturated heterocycles. The van der Waals surface area contributed by atoms with Crippen LogP contribution in [0.2, 0.25) is 0 Å². The van der Waals surface area contributed by atoms with Crippen LogP contribution in [-0.4, -0.2) is 34.4 Å². The topological polar surface area (TPSA) is 78.9 Å². The third-order valence-corrected chi connectivity index (χ3v) is 2.95. The number of carbonyl (C=O) groups excluding carboxylic acids is 1. The Morgan fingerprint density at radius 2 is 2.00 bits per heavy atom. The van der Waals surface area contributed by atoms with Crippen LogP contribution in [0.5, 0.6) is 0 Å². The van der Waals surface area contributed by atoms with Gasteiger partial charge in [-0.3, -0.25) is 4.79 Å². The number of halogens is 1. The first kappa shape index (κ1) is 15.9. The number of hydrogen-bond donors (Lipinski definition) is 2. The zero-order valence-corrected chi connectivity index (χ0v) is 11.7. The molecule has 3 N–H and O–H groups in total. The van der Waals surface area contributed by atoms with E-state index >= 15 is 0 Å². The molecule has 6 heteroatoms. The number of amides is 1. The highest BCUT2D eigenvalue weighted by Gasteiger charge is 2.17. The number of nitrogens with zero attached hydrogens (tertiary/aromatic N) is 2. The molecule has 0 aliphatic rings. The molecule has 0 aromatic heterocycles. The van der Waals surface area contributed by atoms with E-state index in [-0.39, 0.29) is 30.0 Å². The third kappa shape index (κ3) is 4.87. The summed E-state index contributed by atoms with van der Waals surface area (Å²) >= 11 is 0. The molecule has 0 fully saturated rings. The summed E-state index contributed by atoms with van der Waals surface area (Å²) in [4.78, 5) is 13.9. The molecule has 0 aliphatic heterocycles. The third-order valence-electron chi connectivity index (χ3n) is 2.95. The van der Waals surface area contributed by atoms with E-state index < -0.39 is 0 Å². The lowest BCUT2D eigenvalue weighted by Gasteiger charge is -2.26. The number of rotatable bonds is 6. The maximum absolute atomic E-state index is 12.8. The van der Waals surface area contributed by atoms with Crippen molar-refractivity contribution >= 4 is 11.7 Å². The summed E-state index contributed by atoms with van der Waals surface area (Å²) in [5, 5.41) is 11.4. The van der Waals surface area contributed by atoms with Crippen molar-refractivity contribution in [2.24, 2.45) is 10.9 Å². The van der Waals surface area contributed by atoms with Crippen molar-refractivity contribution < 1.29 is 14.4 Å². The first-order valence-electron chi connectivity index (χ1n) is 6.44. The van der Waals surface area contributed by atoms with Gasteiger partial charge in [0.25, 0.3) is 0 Å². The van der Waals surface area contributed by atoms with Crippen molar-refractivity contribution in [1.29, 1.82) is 0 Å². The maximum Gasteiger partial charge on any atom is 0.227 e. The van der Waals surface area contributed by atoms with Gasteiger partial charge in [-0.15, -0.1) is 0 Å². The van der Waals surface area contributed by atoms with Crippen molar-refractivity contribution in [3.05, 3.63) is 35.6 Å². The number of oxime groups is 1. The lowest BCUT2D eigenvalue weighted by molar-refractivity contribution is -0.132. The highest BCUT2D eigenvalue weighted by atomic mass is 19.1. The normalized spacial score (nSPS) is 11.7. The number of hydrogen-bond acceptors (Lipinski definition) is 3. The van der Waals surface area contributed by atoms with E-state index in [0.717, 1.165) is 5.56 Å². The molecule has 0 aliphatic carbocycles. The van der Waals surface area contributed by atoms with Gasteiger partial charge >= 0.3 is 0 Å². The summed E-state index contributed by atoms with van der Waals surface area (Å²) in [5.74, 6) is -0.309. The van der Waals surface area contributed by atoms with Gasteiger partial charge in [0.05, 0.1) is 6.42 Å². The highest BCUT2D eigenvalue weighted by Crippen LogP contribution is 2.08. The Bertz CT molecular complexity index is 472. The smallest absolute Gasteiger partial charge is 0.227 e. The molecule has 0 saturated carbocycles. The molecule has 1 aromatic rings. The molecular weight excluding hydrogens is 261 g/mol. The number of amidine groups is 1. The molecular formula is C14H20FN3O2. The Kier molecular flexibility index (Phi) is 5.96. The zero-order valence-electron chi connectivity index (χ0n) is 11.7. The van der Waals surface area contributed by atoms with Crippen LogP contribution in [-0.2, 0) is 11.2 Å². The van der Waals surface area contributed by atoms with E-state index in [1.54, 1.807) is 17.0 Å². The molecule has 1 amide bonds. The molecule has 0 radical (unpaired) electrons. The number of nitrogens with two attached hydrogens (primary N) is 1. The molecule has 1 aromatic carbocycles. The van der Waals surface area contributed by atoms with Crippen molar-refractivity contribution in [2.45, 2.75) is 32.7 Å². The van der Waals surface area contributed by atoms with Gasteiger partial charge in [-0.25, -0.2) is 4.39 Å². The fraction of sp³-hybridized carbons (Fsp3) is 0.429. The van der Waals surface area contributed by atoms with Crippen molar-refractivity contribution in [3.8, 4) is 0 Å². The Morgan fingerprint density at radius 3 is 2.50 bits per heavy atom. The second kappa shape index (κ2) is 7.47. The van der Waals surface area contributed by atoms with Crippen LogP contribution in [0.25, 0.3) is 0 Å². The molecule has 0 heterocycles. The van der Waals surface area contributed by atoms with Crippen LogP contribution in [0.3, 0.4) is 0 Å². The molecule has 5 nitrogen and oxygen atoms in total. The summed E-state index contributed by atoms with van der Waals surface area (Å²) in [7, 11) is 0. The van der Waals surface area contributed by atoms with Crippen LogP contribution in [0, 0.1) is 5.82 Å². The van der Waals surface area contributed by atoms with E-state index in [4.69, 9.17) is 10.9 Å². The lowest BCUT2D eigenvalue weighted by Crippen LogP contribution is -2.40. The van der Waals surface area contributed by atoms with Gasteiger partial charge in [0.1, 0.15) is 11.7 Å². The predicted molar refractivity (Wildman–Crippen MR) is 75.0 cm³/mol. The molecule has 0 unspecified atom stereocenters. The zero-order chi connectivity index (χ0) is 15.1. The highest BCUT2D eigenvalue weighted by molar-refractivity contribution is 5.82. The average molecular weight is 281 g/mol. The first-order chi connectivity index (χ1) is 9.43. The first-order valence-corrected chi connectivity index (χ1v) is 6.44. The van der Waals surface area contributed by atoms with E-state index in [9.17, 15) is 9.18 Å². The molecule has 0 atom stereocenters. The molecule has 1 rings (SSSR count). The minimum Gasteiger partial charge on any atom is -0.409 e. The standard InChI is InChI=1S/C14H20FN3O2/c1-10(2)18(8-7-13(16)17-20)14(19)9-11-3-5-12(15)6-4-11/h3-6,10,20H,7-9H2,1-2H3,(H2,16,17). The van der Waals surface area contributed by atoms with Crippen molar-refractivity contribution in [1.82, 2.24) is 4.90 Å². The second-order valence-electron chi connectivity index (χ2n) is 4.83. The summed E-state index contributed by atoms with van der Waals surface area (Å²) in [6.45, 7) is 4.18. The largest absolute Gasteiger partial charge is 0.409 e. The SMILES string of the molecule is CC(C)N(CCC(N)=NO)C(=O)Cc1ccc(F)cc1. The molecule has 110 valence electrons. The molecule has 0 bridgehead atoms. The Morgan fingerprint density at radius 1 is 1.40 bits per heavy atom. The van der Waals surface area contributed by atoms with Crippen LogP contribution >= 0.6 is 0 Å². The van der Waals surface area contributed by atoms with Gasteiger partial charge < -0.3 is 15.8 Å². The molecule has 0 spiro atoms. The van der Waals surface area contributed by atoms with Gasteiger partial charge in [0.2, 0.25) is 5.91 Å². The van der Waals surface area contributed by atoms with Gasteiger partial charge in [-0.1, -0.05) is 17.3 Å². The van der Waals surface area contributed by atoms with Crippen LogP contribution in [0.1, 0.15) is 25.8 Å². The summed E-state index contributed by atoms with van der Waals surface area (Å²) < 4.78 is 12.8. The van der Waals surface area contributed by atoms with Crippen LogP contribution in [0.15, 0.2) is 29.4 Å². The van der Waals surface area contributed by atoms with E-state index in [2.05, 4.69) is 5.16 Å². The monoisotopic (exact) mass is 281 g/mol. The fourth-order valence-electron chi connectivity index (χ4n) is 1.83. The average Bonchev–Trinajstić information content (AvgIpc) is 2.41. The quantitative estimate of drug-likeness (QED) is 0.361. The van der Waals surface area contributed by atoms with Crippen molar-refractivity contribution in [3.63, 3.8) is 0 Å². The van der Waals surface area contributed by atoms with E-state index in [1.807, 2.05) is 13.8 Å². The van der Waals surface area contributed by atoms with Crippen LogP contribution < -0.4 is 5.73 Å². The number of carbonyl (C=O) groups is 1.